The Morgan fingerprint density at radius 3 is 2.30 bits per heavy atom. The van der Waals surface area contributed by atoms with Gasteiger partial charge in [0.1, 0.15) is 0 Å². The van der Waals surface area contributed by atoms with E-state index < -0.39 is 0 Å². The first kappa shape index (κ1) is 16.0. The van der Waals surface area contributed by atoms with Crippen LogP contribution in [0.4, 0.5) is 0 Å². The van der Waals surface area contributed by atoms with Crippen molar-refractivity contribution in [1.29, 1.82) is 0 Å². The molecule has 2 rings (SSSR count). The molecule has 2 aromatic rings. The molecule has 0 aromatic heterocycles. The van der Waals surface area contributed by atoms with Crippen molar-refractivity contribution in [2.45, 2.75) is 4.90 Å². The van der Waals surface area contributed by atoms with Gasteiger partial charge in [0.2, 0.25) is 0 Å². The molecule has 1 nitrogen and oxygen atoms in total. The van der Waals surface area contributed by atoms with E-state index in [4.69, 9.17) is 46.4 Å². The number of carbonyl (C=O) groups excluding carboxylic acids is 1. The van der Waals surface area contributed by atoms with Crippen molar-refractivity contribution >= 4 is 63.9 Å². The lowest BCUT2D eigenvalue weighted by molar-refractivity contribution is 0.102. The molecule has 0 unspecified atom stereocenters. The highest BCUT2D eigenvalue weighted by Crippen LogP contribution is 2.29. The maximum Gasteiger partial charge on any atom is 0.174 e. The predicted molar refractivity (Wildman–Crippen MR) is 88.0 cm³/mol. The van der Waals surface area contributed by atoms with Crippen LogP contribution < -0.4 is 0 Å². The summed E-state index contributed by atoms with van der Waals surface area (Å²) in [7, 11) is 0. The van der Waals surface area contributed by atoms with Crippen LogP contribution in [-0.2, 0) is 0 Å². The molecule has 0 aliphatic carbocycles. The molecule has 6 heteroatoms. The van der Waals surface area contributed by atoms with Gasteiger partial charge in [-0.15, -0.1) is 11.8 Å². The van der Waals surface area contributed by atoms with Gasteiger partial charge in [-0.1, -0.05) is 46.4 Å². The van der Waals surface area contributed by atoms with Crippen molar-refractivity contribution in [2.24, 2.45) is 0 Å². The standard InChI is InChI=1S/C14H8Cl4OS/c15-8-1-3-11(16)10(5-8)14(19)7-20-9-2-4-12(17)13(18)6-9/h1-6H,7H2. The van der Waals surface area contributed by atoms with Gasteiger partial charge >= 0.3 is 0 Å². The van der Waals surface area contributed by atoms with Crippen molar-refractivity contribution < 1.29 is 4.79 Å². The first-order valence-electron chi connectivity index (χ1n) is 5.53. The van der Waals surface area contributed by atoms with Gasteiger partial charge in [0.05, 0.1) is 20.8 Å². The van der Waals surface area contributed by atoms with Crippen LogP contribution in [0.2, 0.25) is 20.1 Å². The van der Waals surface area contributed by atoms with Gasteiger partial charge in [0.25, 0.3) is 0 Å². The van der Waals surface area contributed by atoms with Gasteiger partial charge in [-0.05, 0) is 36.4 Å². The van der Waals surface area contributed by atoms with Crippen LogP contribution >= 0.6 is 58.2 Å². The smallest absolute Gasteiger partial charge is 0.174 e. The molecule has 104 valence electrons. The average molecular weight is 366 g/mol. The molecule has 0 radical (unpaired) electrons. The fourth-order valence-electron chi connectivity index (χ4n) is 1.50. The minimum absolute atomic E-state index is 0.0893. The highest BCUT2D eigenvalue weighted by molar-refractivity contribution is 8.00. The van der Waals surface area contributed by atoms with Gasteiger partial charge in [0, 0.05) is 15.5 Å². The Morgan fingerprint density at radius 1 is 0.900 bits per heavy atom. The Labute approximate surface area is 141 Å². The zero-order chi connectivity index (χ0) is 14.7. The number of carbonyl (C=O) groups is 1. The van der Waals surface area contributed by atoms with E-state index in [0.717, 1.165) is 4.90 Å². The van der Waals surface area contributed by atoms with Crippen molar-refractivity contribution in [3.05, 3.63) is 62.1 Å². The zero-order valence-electron chi connectivity index (χ0n) is 10.00. The molecule has 0 spiro atoms. The molecule has 0 bridgehead atoms. The lowest BCUT2D eigenvalue weighted by Gasteiger charge is -2.05. The molecule has 0 saturated heterocycles. The summed E-state index contributed by atoms with van der Waals surface area (Å²) in [5.74, 6) is 0.159. The fourth-order valence-corrected chi connectivity index (χ4v) is 3.08. The quantitative estimate of drug-likeness (QED) is 0.468. The van der Waals surface area contributed by atoms with Crippen LogP contribution in [0.15, 0.2) is 41.3 Å². The Morgan fingerprint density at radius 2 is 1.60 bits per heavy atom. The normalized spacial score (nSPS) is 10.6. The molecular weight excluding hydrogens is 358 g/mol. The van der Waals surface area contributed by atoms with Crippen LogP contribution in [-0.4, -0.2) is 11.5 Å². The van der Waals surface area contributed by atoms with Gasteiger partial charge in [0.15, 0.2) is 5.78 Å². The molecule has 0 atom stereocenters. The van der Waals surface area contributed by atoms with Gasteiger partial charge in [-0.25, -0.2) is 0 Å². The zero-order valence-corrected chi connectivity index (χ0v) is 13.8. The van der Waals surface area contributed by atoms with Crippen LogP contribution in [0.5, 0.6) is 0 Å². The third kappa shape index (κ3) is 4.06. The predicted octanol–water partition coefficient (Wildman–Crippen LogP) is 6.28. The number of hydrogen-bond acceptors (Lipinski definition) is 2. The maximum absolute atomic E-state index is 12.1. The van der Waals surface area contributed by atoms with Gasteiger partial charge in [-0.3, -0.25) is 4.79 Å². The third-order valence-electron chi connectivity index (χ3n) is 2.49. The number of halogens is 4. The number of ketones is 1. The Bertz CT molecular complexity index is 658. The first-order chi connectivity index (χ1) is 9.47. The first-order valence-corrected chi connectivity index (χ1v) is 8.03. The summed E-state index contributed by atoms with van der Waals surface area (Å²) in [6.45, 7) is 0. The third-order valence-corrected chi connectivity index (χ3v) is 4.79. The minimum Gasteiger partial charge on any atom is -0.293 e. The molecule has 0 aliphatic rings. The largest absolute Gasteiger partial charge is 0.293 e. The topological polar surface area (TPSA) is 17.1 Å². The molecule has 0 heterocycles. The number of hydrogen-bond donors (Lipinski definition) is 0. The van der Waals surface area contributed by atoms with E-state index in [9.17, 15) is 4.79 Å². The summed E-state index contributed by atoms with van der Waals surface area (Å²) in [6, 6.07) is 10.1. The van der Waals surface area contributed by atoms with Gasteiger partial charge < -0.3 is 0 Å². The van der Waals surface area contributed by atoms with Gasteiger partial charge in [-0.2, -0.15) is 0 Å². The lowest BCUT2D eigenvalue weighted by Crippen LogP contribution is -2.03. The van der Waals surface area contributed by atoms with Crippen molar-refractivity contribution in [3.63, 3.8) is 0 Å². The van der Waals surface area contributed by atoms with E-state index in [-0.39, 0.29) is 11.5 Å². The van der Waals surface area contributed by atoms with E-state index in [2.05, 4.69) is 0 Å². The summed E-state index contributed by atoms with van der Waals surface area (Å²) < 4.78 is 0. The lowest BCUT2D eigenvalue weighted by atomic mass is 10.1. The SMILES string of the molecule is O=C(CSc1ccc(Cl)c(Cl)c1)c1cc(Cl)ccc1Cl. The van der Waals surface area contributed by atoms with Crippen LogP contribution in [0.1, 0.15) is 10.4 Å². The highest BCUT2D eigenvalue weighted by Gasteiger charge is 2.12. The Kier molecular flexibility index (Phi) is 5.65. The second-order valence-corrected chi connectivity index (χ2v) is 6.62. The highest BCUT2D eigenvalue weighted by atomic mass is 35.5. The fraction of sp³-hybridized carbons (Fsp3) is 0.0714. The Balaban J connectivity index is 2.08. The molecule has 0 saturated carbocycles. The summed E-state index contributed by atoms with van der Waals surface area (Å²) in [5, 5.41) is 1.83. The van der Waals surface area contributed by atoms with Crippen molar-refractivity contribution in [2.75, 3.05) is 5.75 Å². The molecular formula is C14H8Cl4OS. The van der Waals surface area contributed by atoms with E-state index >= 15 is 0 Å². The Hall–Kier alpha value is -0.380. The summed E-state index contributed by atoms with van der Waals surface area (Å²) >= 11 is 25.0. The molecule has 0 N–H and O–H groups in total. The summed E-state index contributed by atoms with van der Waals surface area (Å²) in [4.78, 5) is 13.0. The van der Waals surface area contributed by atoms with E-state index in [1.807, 2.05) is 6.07 Å². The molecule has 20 heavy (non-hydrogen) atoms. The van der Waals surface area contributed by atoms with Crippen molar-refractivity contribution in [1.82, 2.24) is 0 Å². The van der Waals surface area contributed by atoms with Crippen molar-refractivity contribution in [3.8, 4) is 0 Å². The number of thioether (sulfide) groups is 1. The summed E-state index contributed by atoms with van der Waals surface area (Å²) in [6.07, 6.45) is 0. The van der Waals surface area contributed by atoms with Crippen LogP contribution in [0, 0.1) is 0 Å². The van der Waals surface area contributed by atoms with E-state index in [0.29, 0.717) is 25.7 Å². The molecule has 0 aliphatic heterocycles. The number of rotatable bonds is 4. The van der Waals surface area contributed by atoms with E-state index in [1.54, 1.807) is 30.3 Å². The van der Waals surface area contributed by atoms with Crippen LogP contribution in [0.25, 0.3) is 0 Å². The number of Topliss-reactive ketones (excluding diaryl/α,β-unsaturated/α-hetero) is 1. The summed E-state index contributed by atoms with van der Waals surface area (Å²) in [5.41, 5.74) is 0.423. The second-order valence-electron chi connectivity index (χ2n) is 3.91. The van der Waals surface area contributed by atoms with E-state index in [1.165, 1.54) is 11.8 Å². The molecule has 0 amide bonds. The molecule has 0 fully saturated rings. The molecule has 2 aromatic carbocycles. The minimum atomic E-state index is -0.0893. The van der Waals surface area contributed by atoms with Crippen LogP contribution in [0.3, 0.4) is 0 Å². The maximum atomic E-state index is 12.1. The average Bonchev–Trinajstić information content (AvgIpc) is 2.42. The second kappa shape index (κ2) is 7.06. The monoisotopic (exact) mass is 364 g/mol. The number of benzene rings is 2.